The van der Waals surface area contributed by atoms with Crippen molar-refractivity contribution in [1.29, 1.82) is 0 Å². The maximum atomic E-state index is 11.1. The maximum Gasteiger partial charge on any atom is 0.238 e. The van der Waals surface area contributed by atoms with Crippen LogP contribution in [0.2, 0.25) is 0 Å². The van der Waals surface area contributed by atoms with Gasteiger partial charge in [0.15, 0.2) is 0 Å². The van der Waals surface area contributed by atoms with Crippen molar-refractivity contribution in [2.45, 2.75) is 19.8 Å². The zero-order valence-electron chi connectivity index (χ0n) is 11.2. The third-order valence-electron chi connectivity index (χ3n) is 3.11. The van der Waals surface area contributed by atoms with Gasteiger partial charge in [0.25, 0.3) is 0 Å². The molecule has 100 valence electrons. The summed E-state index contributed by atoms with van der Waals surface area (Å²) in [5, 5.41) is 1.14. The Labute approximate surface area is 112 Å². The van der Waals surface area contributed by atoms with Crippen LogP contribution in [0, 0.1) is 0 Å². The van der Waals surface area contributed by atoms with Gasteiger partial charge < -0.3 is 4.57 Å². The van der Waals surface area contributed by atoms with Crippen molar-refractivity contribution in [3.8, 4) is 0 Å². The number of nitrogens with two attached hydrogens (primary N) is 1. The molecular formula is C14H18N4O. The monoisotopic (exact) mass is 258 g/mol. The molecule has 0 unspecified atom stereocenters. The Morgan fingerprint density at radius 3 is 2.53 bits per heavy atom. The molecule has 0 bridgehead atoms. The molecule has 1 amide bonds. The van der Waals surface area contributed by atoms with Crippen LogP contribution in [0.3, 0.4) is 0 Å². The molecule has 1 aromatic carbocycles. The van der Waals surface area contributed by atoms with Crippen LogP contribution in [0.25, 0.3) is 0 Å². The Balaban J connectivity index is 1.99. The second kappa shape index (κ2) is 5.67. The molecule has 2 rings (SSSR count). The van der Waals surface area contributed by atoms with Gasteiger partial charge in [0.2, 0.25) is 5.91 Å². The van der Waals surface area contributed by atoms with Crippen LogP contribution in [-0.4, -0.2) is 15.5 Å². The number of aryl methyl sites for hydroxylation is 3. The standard InChI is InChI=1S/C14H18N4O/c1-11(19)18(15)13-6-3-12(4-7-13)5-8-14-16-9-10-17(14)2/h3-4,6-7,9-10H,5,8,15H2,1-2H3. The van der Waals surface area contributed by atoms with E-state index in [9.17, 15) is 4.79 Å². The summed E-state index contributed by atoms with van der Waals surface area (Å²) in [6.45, 7) is 1.44. The van der Waals surface area contributed by atoms with Gasteiger partial charge in [0.05, 0.1) is 5.69 Å². The van der Waals surface area contributed by atoms with Gasteiger partial charge in [-0.1, -0.05) is 12.1 Å². The molecule has 0 aliphatic rings. The van der Waals surface area contributed by atoms with E-state index >= 15 is 0 Å². The van der Waals surface area contributed by atoms with Gasteiger partial charge in [0.1, 0.15) is 5.82 Å². The molecule has 2 aromatic rings. The van der Waals surface area contributed by atoms with Crippen molar-refractivity contribution < 1.29 is 4.79 Å². The molecular weight excluding hydrogens is 240 g/mol. The SMILES string of the molecule is CC(=O)N(N)c1ccc(CCc2nccn2C)cc1. The molecule has 0 aliphatic carbocycles. The van der Waals surface area contributed by atoms with E-state index in [1.807, 2.05) is 42.1 Å². The summed E-state index contributed by atoms with van der Waals surface area (Å²) in [5.41, 5.74) is 1.90. The second-order valence-corrected chi connectivity index (χ2v) is 4.51. The lowest BCUT2D eigenvalue weighted by molar-refractivity contribution is -0.116. The summed E-state index contributed by atoms with van der Waals surface area (Å²) in [7, 11) is 1.99. The molecule has 0 atom stereocenters. The van der Waals surface area contributed by atoms with E-state index in [-0.39, 0.29) is 5.91 Å². The third kappa shape index (κ3) is 3.20. The molecule has 5 nitrogen and oxygen atoms in total. The summed E-state index contributed by atoms with van der Waals surface area (Å²) in [6, 6.07) is 7.69. The van der Waals surface area contributed by atoms with E-state index in [4.69, 9.17) is 5.84 Å². The molecule has 0 saturated heterocycles. The van der Waals surface area contributed by atoms with Gasteiger partial charge in [-0.3, -0.25) is 4.79 Å². The van der Waals surface area contributed by atoms with Crippen molar-refractivity contribution in [2.75, 3.05) is 5.01 Å². The molecule has 5 heteroatoms. The van der Waals surface area contributed by atoms with E-state index in [2.05, 4.69) is 4.98 Å². The van der Waals surface area contributed by atoms with Crippen molar-refractivity contribution in [2.24, 2.45) is 12.9 Å². The van der Waals surface area contributed by atoms with Crippen LogP contribution in [0.4, 0.5) is 5.69 Å². The largest absolute Gasteiger partial charge is 0.338 e. The maximum absolute atomic E-state index is 11.1. The highest BCUT2D eigenvalue weighted by atomic mass is 16.2. The summed E-state index contributed by atoms with van der Waals surface area (Å²) in [5.74, 6) is 6.51. The number of amides is 1. The molecule has 0 spiro atoms. The fourth-order valence-electron chi connectivity index (χ4n) is 1.90. The summed E-state index contributed by atoms with van der Waals surface area (Å²) >= 11 is 0. The molecule has 0 saturated carbocycles. The van der Waals surface area contributed by atoms with Crippen LogP contribution >= 0.6 is 0 Å². The number of nitrogens with zero attached hydrogens (tertiary/aromatic N) is 3. The number of hydrogen-bond donors (Lipinski definition) is 1. The summed E-state index contributed by atoms with van der Waals surface area (Å²) < 4.78 is 2.02. The number of anilines is 1. The molecule has 0 fully saturated rings. The lowest BCUT2D eigenvalue weighted by atomic mass is 10.1. The predicted molar refractivity (Wildman–Crippen MR) is 74.4 cm³/mol. The first-order valence-electron chi connectivity index (χ1n) is 6.18. The number of benzene rings is 1. The van der Waals surface area contributed by atoms with Crippen molar-refractivity contribution in [1.82, 2.24) is 9.55 Å². The first kappa shape index (κ1) is 13.3. The number of hydrogen-bond acceptors (Lipinski definition) is 3. The third-order valence-corrected chi connectivity index (χ3v) is 3.11. The fourth-order valence-corrected chi connectivity index (χ4v) is 1.90. The summed E-state index contributed by atoms with van der Waals surface area (Å²) in [4.78, 5) is 15.4. The first-order chi connectivity index (χ1) is 9.08. The van der Waals surface area contributed by atoms with Crippen LogP contribution in [-0.2, 0) is 24.7 Å². The van der Waals surface area contributed by atoms with E-state index in [1.54, 1.807) is 6.20 Å². The van der Waals surface area contributed by atoms with Gasteiger partial charge >= 0.3 is 0 Å². The zero-order valence-corrected chi connectivity index (χ0v) is 11.2. The van der Waals surface area contributed by atoms with E-state index in [1.165, 1.54) is 12.5 Å². The average Bonchev–Trinajstić information content (AvgIpc) is 2.81. The number of hydrazine groups is 1. The minimum absolute atomic E-state index is 0.180. The average molecular weight is 258 g/mol. The molecule has 1 heterocycles. The van der Waals surface area contributed by atoms with Gasteiger partial charge in [-0.05, 0) is 24.1 Å². The smallest absolute Gasteiger partial charge is 0.238 e. The minimum Gasteiger partial charge on any atom is -0.338 e. The van der Waals surface area contributed by atoms with Crippen molar-refractivity contribution in [3.63, 3.8) is 0 Å². The quantitative estimate of drug-likeness (QED) is 0.512. The predicted octanol–water partition coefficient (Wildman–Crippen LogP) is 1.43. The lowest BCUT2D eigenvalue weighted by Crippen LogP contribution is -2.35. The Hall–Kier alpha value is -2.14. The van der Waals surface area contributed by atoms with Gasteiger partial charge in [-0.25, -0.2) is 15.8 Å². The van der Waals surface area contributed by atoms with Crippen molar-refractivity contribution >= 4 is 11.6 Å². The molecule has 0 aliphatic heterocycles. The second-order valence-electron chi connectivity index (χ2n) is 4.51. The van der Waals surface area contributed by atoms with Crippen molar-refractivity contribution in [3.05, 3.63) is 48.0 Å². The first-order valence-corrected chi connectivity index (χ1v) is 6.18. The topological polar surface area (TPSA) is 64.2 Å². The summed E-state index contributed by atoms with van der Waals surface area (Å²) in [6.07, 6.45) is 5.55. The zero-order chi connectivity index (χ0) is 13.8. The fraction of sp³-hybridized carbons (Fsp3) is 0.286. The van der Waals surface area contributed by atoms with Gasteiger partial charge in [-0.2, -0.15) is 0 Å². The van der Waals surface area contributed by atoms with Gasteiger partial charge in [-0.15, -0.1) is 0 Å². The number of carbonyl (C=O) groups is 1. The van der Waals surface area contributed by atoms with E-state index < -0.39 is 0 Å². The number of imidazole rings is 1. The molecule has 0 radical (unpaired) electrons. The normalized spacial score (nSPS) is 10.5. The molecule has 2 N–H and O–H groups in total. The highest BCUT2D eigenvalue weighted by Gasteiger charge is 2.06. The Morgan fingerprint density at radius 1 is 1.32 bits per heavy atom. The Bertz CT molecular complexity index is 559. The number of rotatable bonds is 4. The van der Waals surface area contributed by atoms with Crippen LogP contribution in [0.1, 0.15) is 18.3 Å². The minimum atomic E-state index is -0.180. The van der Waals surface area contributed by atoms with Crippen LogP contribution < -0.4 is 10.9 Å². The molecule has 19 heavy (non-hydrogen) atoms. The van der Waals surface area contributed by atoms with E-state index in [0.29, 0.717) is 5.69 Å². The Morgan fingerprint density at radius 2 is 2.00 bits per heavy atom. The lowest BCUT2D eigenvalue weighted by Gasteiger charge is -2.14. The Kier molecular flexibility index (Phi) is 3.97. The van der Waals surface area contributed by atoms with Gasteiger partial charge in [0, 0.05) is 32.8 Å². The van der Waals surface area contributed by atoms with Crippen LogP contribution in [0.15, 0.2) is 36.7 Å². The van der Waals surface area contributed by atoms with E-state index in [0.717, 1.165) is 23.7 Å². The highest BCUT2D eigenvalue weighted by Crippen LogP contribution is 2.14. The highest BCUT2D eigenvalue weighted by molar-refractivity contribution is 5.90. The molecule has 1 aromatic heterocycles. The number of carbonyl (C=O) groups excluding carboxylic acids is 1. The van der Waals surface area contributed by atoms with Crippen LogP contribution in [0.5, 0.6) is 0 Å². The number of aromatic nitrogens is 2.